The van der Waals surface area contributed by atoms with Crippen LogP contribution in [-0.4, -0.2) is 66.8 Å². The Labute approximate surface area is 205 Å². The Hall–Kier alpha value is -3.39. The summed E-state index contributed by atoms with van der Waals surface area (Å²) in [4.78, 5) is 38.8. The quantitative estimate of drug-likeness (QED) is 0.510. The SMILES string of the molecule is CC1CCN(CCNC(=O)C(CC(=O)O)NC(=O)OCC2c3ccccc3-c3ccccc32)CC1. The molecule has 2 aromatic carbocycles. The molecular formula is C27H33N3O5. The van der Waals surface area contributed by atoms with Crippen molar-refractivity contribution in [3.8, 4) is 11.1 Å². The number of carbonyl (C=O) groups is 3. The van der Waals surface area contributed by atoms with Crippen molar-refractivity contribution in [3.63, 3.8) is 0 Å². The van der Waals surface area contributed by atoms with Gasteiger partial charge in [0.15, 0.2) is 0 Å². The van der Waals surface area contributed by atoms with E-state index in [1.54, 1.807) is 0 Å². The fourth-order valence-electron chi connectivity index (χ4n) is 4.91. The van der Waals surface area contributed by atoms with E-state index in [1.807, 2.05) is 48.5 Å². The highest BCUT2D eigenvalue weighted by Gasteiger charge is 2.30. The Bertz CT molecular complexity index is 1020. The summed E-state index contributed by atoms with van der Waals surface area (Å²) >= 11 is 0. The lowest BCUT2D eigenvalue weighted by molar-refractivity contribution is -0.139. The number of nitrogens with zero attached hydrogens (tertiary/aromatic N) is 1. The number of carbonyl (C=O) groups excluding carboxylic acids is 2. The topological polar surface area (TPSA) is 108 Å². The third-order valence-electron chi connectivity index (χ3n) is 6.93. The number of nitrogens with one attached hydrogen (secondary N) is 2. The minimum absolute atomic E-state index is 0.0919. The molecule has 35 heavy (non-hydrogen) atoms. The molecule has 1 fully saturated rings. The van der Waals surface area contributed by atoms with Crippen LogP contribution >= 0.6 is 0 Å². The molecule has 4 rings (SSSR count). The summed E-state index contributed by atoms with van der Waals surface area (Å²) in [6, 6.07) is 14.8. The molecule has 1 heterocycles. The highest BCUT2D eigenvalue weighted by molar-refractivity contribution is 5.89. The van der Waals surface area contributed by atoms with E-state index in [9.17, 15) is 19.5 Å². The van der Waals surface area contributed by atoms with Gasteiger partial charge in [-0.2, -0.15) is 0 Å². The van der Waals surface area contributed by atoms with Crippen molar-refractivity contribution in [2.45, 2.75) is 38.1 Å². The number of hydrogen-bond donors (Lipinski definition) is 3. The van der Waals surface area contributed by atoms with Crippen molar-refractivity contribution < 1.29 is 24.2 Å². The second-order valence-electron chi connectivity index (χ2n) is 9.44. The monoisotopic (exact) mass is 479 g/mol. The number of rotatable bonds is 9. The van der Waals surface area contributed by atoms with Crippen LogP contribution in [0.25, 0.3) is 11.1 Å². The van der Waals surface area contributed by atoms with Crippen molar-refractivity contribution in [1.29, 1.82) is 0 Å². The molecule has 1 unspecified atom stereocenters. The summed E-state index contributed by atoms with van der Waals surface area (Å²) in [5.41, 5.74) is 4.38. The number of piperidine rings is 1. The first-order valence-corrected chi connectivity index (χ1v) is 12.3. The largest absolute Gasteiger partial charge is 0.481 e. The summed E-state index contributed by atoms with van der Waals surface area (Å²) in [6.07, 6.45) is 0.952. The van der Waals surface area contributed by atoms with Gasteiger partial charge >= 0.3 is 12.1 Å². The van der Waals surface area contributed by atoms with Crippen molar-refractivity contribution in [1.82, 2.24) is 15.5 Å². The zero-order valence-corrected chi connectivity index (χ0v) is 20.0. The number of benzene rings is 2. The number of hydrogen-bond acceptors (Lipinski definition) is 5. The van der Waals surface area contributed by atoms with Crippen LogP contribution in [0.2, 0.25) is 0 Å². The molecule has 186 valence electrons. The molecule has 0 spiro atoms. The molecule has 2 amide bonds. The van der Waals surface area contributed by atoms with Gasteiger partial charge in [-0.25, -0.2) is 4.79 Å². The molecule has 8 heteroatoms. The fourth-order valence-corrected chi connectivity index (χ4v) is 4.91. The summed E-state index contributed by atoms with van der Waals surface area (Å²) in [7, 11) is 0. The van der Waals surface area contributed by atoms with E-state index >= 15 is 0 Å². The van der Waals surface area contributed by atoms with Crippen molar-refractivity contribution >= 4 is 18.0 Å². The lowest BCUT2D eigenvalue weighted by Gasteiger charge is -2.30. The van der Waals surface area contributed by atoms with Crippen LogP contribution in [0.3, 0.4) is 0 Å². The molecule has 1 atom stereocenters. The van der Waals surface area contributed by atoms with Gasteiger partial charge in [0.05, 0.1) is 6.42 Å². The summed E-state index contributed by atoms with van der Waals surface area (Å²) in [6.45, 7) is 5.42. The molecule has 0 saturated carbocycles. The van der Waals surface area contributed by atoms with E-state index in [-0.39, 0.29) is 12.5 Å². The van der Waals surface area contributed by atoms with Crippen LogP contribution in [0, 0.1) is 5.92 Å². The van der Waals surface area contributed by atoms with Crippen molar-refractivity contribution in [3.05, 3.63) is 59.7 Å². The Morgan fingerprint density at radius 1 is 1.03 bits per heavy atom. The number of carboxylic acid groups (broad SMARTS) is 1. The Kier molecular flexibility index (Phi) is 8.02. The fraction of sp³-hybridized carbons (Fsp3) is 0.444. The molecule has 0 radical (unpaired) electrons. The third-order valence-corrected chi connectivity index (χ3v) is 6.93. The summed E-state index contributed by atoms with van der Waals surface area (Å²) < 4.78 is 5.48. The van der Waals surface area contributed by atoms with Crippen LogP contribution < -0.4 is 10.6 Å². The van der Waals surface area contributed by atoms with Gasteiger partial charge in [-0.15, -0.1) is 0 Å². The molecule has 8 nitrogen and oxygen atoms in total. The zero-order chi connectivity index (χ0) is 24.8. The Morgan fingerprint density at radius 3 is 2.23 bits per heavy atom. The minimum atomic E-state index is -1.20. The highest BCUT2D eigenvalue weighted by atomic mass is 16.5. The summed E-state index contributed by atoms with van der Waals surface area (Å²) in [5.74, 6) is -1.09. The molecule has 1 aliphatic carbocycles. The van der Waals surface area contributed by atoms with Crippen LogP contribution in [0.4, 0.5) is 4.79 Å². The maximum Gasteiger partial charge on any atom is 0.407 e. The lowest BCUT2D eigenvalue weighted by atomic mass is 9.98. The standard InChI is InChI=1S/C27H33N3O5/c1-18-10-13-30(14-11-18)15-12-28-26(33)24(16-25(31)32)29-27(34)35-17-23-21-8-4-2-6-19(21)20-7-3-5-9-22(20)23/h2-9,18,23-24H,10-17H2,1H3,(H,28,33)(H,29,34)(H,31,32). The third kappa shape index (κ3) is 6.19. The second kappa shape index (κ2) is 11.4. The predicted octanol–water partition coefficient (Wildman–Crippen LogP) is 3.22. The second-order valence-corrected chi connectivity index (χ2v) is 9.44. The van der Waals surface area contributed by atoms with Crippen molar-refractivity contribution in [2.24, 2.45) is 5.92 Å². The average molecular weight is 480 g/mol. The van der Waals surface area contributed by atoms with E-state index in [0.717, 1.165) is 54.1 Å². The van der Waals surface area contributed by atoms with Crippen LogP contribution in [0.15, 0.2) is 48.5 Å². The van der Waals surface area contributed by atoms with Gasteiger partial charge in [0.25, 0.3) is 0 Å². The van der Waals surface area contributed by atoms with Crippen LogP contribution in [-0.2, 0) is 14.3 Å². The Balaban J connectivity index is 1.31. The van der Waals surface area contributed by atoms with Gasteiger partial charge in [0.2, 0.25) is 5.91 Å². The first kappa shape index (κ1) is 24.7. The number of ether oxygens (including phenoxy) is 1. The number of likely N-dealkylation sites (tertiary alicyclic amines) is 1. The average Bonchev–Trinajstić information content (AvgIpc) is 3.17. The van der Waals surface area contributed by atoms with Gasteiger partial charge in [-0.3, -0.25) is 9.59 Å². The molecule has 3 N–H and O–H groups in total. The lowest BCUT2D eigenvalue weighted by Crippen LogP contribution is -2.49. The zero-order valence-electron chi connectivity index (χ0n) is 20.0. The summed E-state index contributed by atoms with van der Waals surface area (Å²) in [5, 5.41) is 14.4. The predicted molar refractivity (Wildman–Crippen MR) is 132 cm³/mol. The molecular weight excluding hydrogens is 446 g/mol. The Morgan fingerprint density at radius 2 is 1.63 bits per heavy atom. The maximum absolute atomic E-state index is 12.6. The number of carboxylic acids is 1. The maximum atomic E-state index is 12.6. The molecule has 0 bridgehead atoms. The number of alkyl carbamates (subject to hydrolysis) is 1. The number of fused-ring (bicyclic) bond motifs is 3. The van der Waals surface area contributed by atoms with E-state index in [2.05, 4.69) is 22.5 Å². The van der Waals surface area contributed by atoms with E-state index < -0.39 is 30.4 Å². The normalized spacial score (nSPS) is 16.7. The van der Waals surface area contributed by atoms with Crippen molar-refractivity contribution in [2.75, 3.05) is 32.8 Å². The number of aliphatic carboxylic acids is 1. The number of amides is 2. The van der Waals surface area contributed by atoms with Gasteiger partial charge < -0.3 is 25.4 Å². The van der Waals surface area contributed by atoms with Crippen LogP contribution in [0.1, 0.15) is 43.2 Å². The molecule has 1 aliphatic heterocycles. The molecule has 1 saturated heterocycles. The minimum Gasteiger partial charge on any atom is -0.481 e. The van der Waals surface area contributed by atoms with Gasteiger partial charge in [-0.1, -0.05) is 55.5 Å². The van der Waals surface area contributed by atoms with Crippen LogP contribution in [0.5, 0.6) is 0 Å². The molecule has 2 aliphatic rings. The molecule has 0 aromatic heterocycles. The van der Waals surface area contributed by atoms with Gasteiger partial charge in [0.1, 0.15) is 12.6 Å². The van der Waals surface area contributed by atoms with E-state index in [0.29, 0.717) is 13.1 Å². The van der Waals surface area contributed by atoms with Gasteiger partial charge in [-0.05, 0) is 54.1 Å². The highest BCUT2D eigenvalue weighted by Crippen LogP contribution is 2.44. The first-order chi connectivity index (χ1) is 16.9. The van der Waals surface area contributed by atoms with E-state index in [4.69, 9.17) is 4.74 Å². The molecule has 2 aromatic rings. The van der Waals surface area contributed by atoms with E-state index in [1.165, 1.54) is 0 Å². The first-order valence-electron chi connectivity index (χ1n) is 12.3. The smallest absolute Gasteiger partial charge is 0.407 e. The van der Waals surface area contributed by atoms with Gasteiger partial charge in [0, 0.05) is 19.0 Å².